The number of esters is 2. The third kappa shape index (κ3) is 3.18. The molecule has 1 rings (SSSR count). The first-order chi connectivity index (χ1) is 6.69. The molecule has 1 aliphatic rings. The monoisotopic (exact) mass is 222 g/mol. The molecule has 0 aromatic heterocycles. The maximum absolute atomic E-state index is 10.9. The Morgan fingerprint density at radius 1 is 1.43 bits per heavy atom. The molecule has 82 valence electrons. The Balaban J connectivity index is 0.000000791. The third-order valence-electron chi connectivity index (χ3n) is 1.70. The molecule has 1 fully saturated rings. The fourth-order valence-electron chi connectivity index (χ4n) is 1.12. The topological polar surface area (TPSA) is 82.1 Å². The van der Waals surface area contributed by atoms with Gasteiger partial charge in [-0.25, -0.2) is 0 Å². The van der Waals surface area contributed by atoms with Crippen molar-refractivity contribution >= 4 is 22.4 Å². The lowest BCUT2D eigenvalue weighted by Gasteiger charge is -2.15. The highest BCUT2D eigenvalue weighted by molar-refractivity contribution is 5.95. The van der Waals surface area contributed by atoms with Crippen molar-refractivity contribution in [2.75, 3.05) is 14.2 Å². The number of cyclic esters (lactones) is 2. The Morgan fingerprint density at radius 3 is 2.21 bits per heavy atom. The van der Waals surface area contributed by atoms with Crippen molar-refractivity contribution in [2.45, 2.75) is 12.7 Å². The Bertz CT molecular complexity index is 202. The summed E-state index contributed by atoms with van der Waals surface area (Å²) in [6.45, 7) is 0. The average Bonchev–Trinajstić information content (AvgIpc) is 2.51. The number of hydrogen-bond donors (Lipinski definition) is 1. The van der Waals surface area contributed by atoms with Gasteiger partial charge in [0.2, 0.25) is 0 Å². The van der Waals surface area contributed by atoms with Gasteiger partial charge >= 0.3 is 11.9 Å². The molecule has 0 amide bonds. The van der Waals surface area contributed by atoms with Gasteiger partial charge in [0, 0.05) is 14.2 Å². The van der Waals surface area contributed by atoms with E-state index in [1.165, 1.54) is 14.2 Å². The third-order valence-corrected chi connectivity index (χ3v) is 1.70. The first-order valence-electron chi connectivity index (χ1n) is 3.94. The summed E-state index contributed by atoms with van der Waals surface area (Å²) in [6, 6.07) is 0. The van der Waals surface area contributed by atoms with Crippen LogP contribution in [0.2, 0.25) is 0 Å². The molecule has 1 N–H and O–H groups in total. The molecule has 1 atom stereocenters. The number of hydrogen-bond acceptors (Lipinski definition) is 6. The predicted molar refractivity (Wildman–Crippen MR) is 49.2 cm³/mol. The summed E-state index contributed by atoms with van der Waals surface area (Å²) in [4.78, 5) is 28.7. The van der Waals surface area contributed by atoms with E-state index in [2.05, 4.69) is 4.74 Å². The van der Waals surface area contributed by atoms with Crippen LogP contribution < -0.4 is 0 Å². The normalized spacial score (nSPS) is 20.7. The fourth-order valence-corrected chi connectivity index (χ4v) is 1.12. The van der Waals surface area contributed by atoms with Crippen molar-refractivity contribution in [2.24, 2.45) is 5.92 Å². The summed E-state index contributed by atoms with van der Waals surface area (Å²) in [5, 5.41) is 0. The summed E-state index contributed by atoms with van der Waals surface area (Å²) >= 11 is 0. The molecule has 0 aliphatic carbocycles. The molecule has 6 nitrogen and oxygen atoms in total. The highest BCUT2D eigenvalue weighted by atomic mass is 28.2. The molecule has 1 heterocycles. The molecule has 0 aromatic rings. The lowest BCUT2D eigenvalue weighted by atomic mass is 10.1. The zero-order valence-corrected chi connectivity index (χ0v) is 10.4. The standard InChI is InChI=1S/C7H10O5.H4OSi/c1-10-7(11-2)4-3-5(8)12-6(4)9;1-2/h4,7H,3H2,1-2H3;1H,2H3. The summed E-state index contributed by atoms with van der Waals surface area (Å²) in [5.41, 5.74) is 0. The van der Waals surface area contributed by atoms with E-state index in [4.69, 9.17) is 14.3 Å². The summed E-state index contributed by atoms with van der Waals surface area (Å²) in [5.74, 6) is -1.72. The number of carbonyl (C=O) groups excluding carboxylic acids is 2. The second-order valence-corrected chi connectivity index (χ2v) is 2.44. The van der Waals surface area contributed by atoms with Gasteiger partial charge in [-0.15, -0.1) is 0 Å². The first-order valence-corrected chi connectivity index (χ1v) is 4.83. The molecule has 7 heteroatoms. The van der Waals surface area contributed by atoms with Gasteiger partial charge in [0.1, 0.15) is 16.4 Å². The summed E-state index contributed by atoms with van der Waals surface area (Å²) < 4.78 is 14.0. The van der Waals surface area contributed by atoms with E-state index in [1.807, 2.05) is 0 Å². The van der Waals surface area contributed by atoms with E-state index >= 15 is 0 Å². The summed E-state index contributed by atoms with van der Waals surface area (Å²) in [6.07, 6.45) is -0.658. The molecule has 14 heavy (non-hydrogen) atoms. The minimum Gasteiger partial charge on any atom is -0.442 e. The van der Waals surface area contributed by atoms with E-state index in [-0.39, 0.29) is 6.42 Å². The van der Waals surface area contributed by atoms with Gasteiger partial charge in [-0.2, -0.15) is 0 Å². The van der Waals surface area contributed by atoms with Crippen LogP contribution in [0.3, 0.4) is 0 Å². The van der Waals surface area contributed by atoms with Crippen molar-refractivity contribution < 1.29 is 28.6 Å². The SMILES string of the molecule is COC(OC)C1CC(=O)OC1=O.O[SiH3]. The molecule has 1 saturated heterocycles. The second kappa shape index (κ2) is 6.66. The van der Waals surface area contributed by atoms with Crippen molar-refractivity contribution in [3.05, 3.63) is 0 Å². The van der Waals surface area contributed by atoms with E-state index in [0.717, 1.165) is 0 Å². The first kappa shape index (κ1) is 13.2. The van der Waals surface area contributed by atoms with Crippen molar-refractivity contribution in [1.82, 2.24) is 0 Å². The van der Waals surface area contributed by atoms with Crippen LogP contribution in [0.5, 0.6) is 0 Å². The lowest BCUT2D eigenvalue weighted by molar-refractivity contribution is -0.166. The smallest absolute Gasteiger partial charge is 0.322 e. The molecule has 0 radical (unpaired) electrons. The van der Waals surface area contributed by atoms with Crippen LogP contribution >= 0.6 is 0 Å². The van der Waals surface area contributed by atoms with Gasteiger partial charge in [-0.1, -0.05) is 0 Å². The van der Waals surface area contributed by atoms with E-state index < -0.39 is 24.1 Å². The van der Waals surface area contributed by atoms with Crippen molar-refractivity contribution in [3.8, 4) is 0 Å². The minimum atomic E-state index is -0.691. The van der Waals surface area contributed by atoms with Crippen LogP contribution in [-0.2, 0) is 23.8 Å². The Kier molecular flexibility index (Phi) is 6.29. The molecule has 0 bridgehead atoms. The maximum atomic E-state index is 10.9. The number of methoxy groups -OCH3 is 2. The Hall–Kier alpha value is -0.763. The van der Waals surface area contributed by atoms with Crippen molar-refractivity contribution in [3.63, 3.8) is 0 Å². The second-order valence-electron chi connectivity index (χ2n) is 2.44. The fraction of sp³-hybridized carbons (Fsp3) is 0.714. The number of ether oxygens (including phenoxy) is 3. The highest BCUT2D eigenvalue weighted by Crippen LogP contribution is 2.21. The number of rotatable bonds is 3. The molecule has 0 aromatic carbocycles. The van der Waals surface area contributed by atoms with E-state index in [9.17, 15) is 9.59 Å². The van der Waals surface area contributed by atoms with Crippen molar-refractivity contribution in [1.29, 1.82) is 0 Å². The molecular formula is C7H14O6Si. The van der Waals surface area contributed by atoms with E-state index in [0.29, 0.717) is 10.5 Å². The Morgan fingerprint density at radius 2 is 1.93 bits per heavy atom. The highest BCUT2D eigenvalue weighted by Gasteiger charge is 2.39. The largest absolute Gasteiger partial charge is 0.442 e. The zero-order valence-electron chi connectivity index (χ0n) is 8.35. The summed E-state index contributed by atoms with van der Waals surface area (Å²) in [7, 11) is 3.12. The van der Waals surface area contributed by atoms with Crippen LogP contribution in [0.4, 0.5) is 0 Å². The maximum Gasteiger partial charge on any atom is 0.322 e. The lowest BCUT2D eigenvalue weighted by Crippen LogP contribution is -2.28. The van der Waals surface area contributed by atoms with E-state index in [1.54, 1.807) is 0 Å². The zero-order chi connectivity index (χ0) is 11.1. The Labute approximate surface area is 84.7 Å². The molecular weight excluding hydrogens is 208 g/mol. The quantitative estimate of drug-likeness (QED) is 0.256. The molecule has 0 saturated carbocycles. The minimum absolute atomic E-state index is 0.0329. The van der Waals surface area contributed by atoms with Gasteiger partial charge in [0.15, 0.2) is 6.29 Å². The van der Waals surface area contributed by atoms with Crippen LogP contribution in [0.25, 0.3) is 0 Å². The molecule has 1 unspecified atom stereocenters. The van der Waals surface area contributed by atoms with Crippen LogP contribution in [-0.4, -0.2) is 47.7 Å². The van der Waals surface area contributed by atoms with Gasteiger partial charge in [-0.05, 0) is 0 Å². The molecule has 1 aliphatic heterocycles. The van der Waals surface area contributed by atoms with Gasteiger partial charge in [0.25, 0.3) is 0 Å². The van der Waals surface area contributed by atoms with Gasteiger partial charge < -0.3 is 19.0 Å². The van der Waals surface area contributed by atoms with Crippen LogP contribution in [0.15, 0.2) is 0 Å². The molecule has 0 spiro atoms. The van der Waals surface area contributed by atoms with Gasteiger partial charge in [0.05, 0.1) is 6.42 Å². The average molecular weight is 222 g/mol. The predicted octanol–water partition coefficient (Wildman–Crippen LogP) is -2.05. The van der Waals surface area contributed by atoms with Crippen LogP contribution in [0.1, 0.15) is 6.42 Å². The van der Waals surface area contributed by atoms with Gasteiger partial charge in [-0.3, -0.25) is 9.59 Å². The van der Waals surface area contributed by atoms with Crippen LogP contribution in [0, 0.1) is 5.92 Å². The number of carbonyl (C=O) groups is 2.